The number of hydrogen-bond donors (Lipinski definition) is 0. The fraction of sp³-hybridized carbons (Fsp3) is 0.356. The van der Waals surface area contributed by atoms with Crippen molar-refractivity contribution in [3.63, 3.8) is 0 Å². The van der Waals surface area contributed by atoms with Crippen LogP contribution >= 0.6 is 23.5 Å². The normalized spacial score (nSPS) is 15.9. The topological polar surface area (TPSA) is 34.1 Å². The van der Waals surface area contributed by atoms with Crippen LogP contribution in [0, 0.1) is 5.92 Å². The third kappa shape index (κ3) is 11.0. The second-order valence-corrected chi connectivity index (χ2v) is 20.3. The number of hydrogen-bond acceptors (Lipinski definition) is 4. The third-order valence-corrected chi connectivity index (χ3v) is 15.6. The molecule has 6 aromatic carbocycles. The summed E-state index contributed by atoms with van der Waals surface area (Å²) < 4.78 is 0. The summed E-state index contributed by atoms with van der Waals surface area (Å²) in [5.41, 5.74) is 10.5. The van der Waals surface area contributed by atoms with Crippen molar-refractivity contribution in [1.82, 2.24) is 0 Å². The molecule has 0 unspecified atom stereocenters. The van der Waals surface area contributed by atoms with E-state index in [1.165, 1.54) is 105 Å². The van der Waals surface area contributed by atoms with Crippen molar-refractivity contribution in [2.24, 2.45) is 5.92 Å². The van der Waals surface area contributed by atoms with Crippen molar-refractivity contribution in [2.75, 3.05) is 0 Å². The first kappa shape index (κ1) is 44.9. The van der Waals surface area contributed by atoms with Crippen LogP contribution in [0.1, 0.15) is 165 Å². The summed E-state index contributed by atoms with van der Waals surface area (Å²) in [5.74, 6) is 1.43. The number of benzene rings is 6. The molecule has 2 aliphatic rings. The highest BCUT2D eigenvalue weighted by Gasteiger charge is 2.35. The third-order valence-electron chi connectivity index (χ3n) is 13.5. The van der Waals surface area contributed by atoms with Gasteiger partial charge >= 0.3 is 0 Å². The largest absolute Gasteiger partial charge is 0.289 e. The van der Waals surface area contributed by atoms with Crippen molar-refractivity contribution in [3.05, 3.63) is 166 Å². The predicted molar refractivity (Wildman–Crippen MR) is 267 cm³/mol. The first-order valence-electron chi connectivity index (χ1n) is 24.1. The van der Waals surface area contributed by atoms with Gasteiger partial charge in [0.1, 0.15) is 0 Å². The molecule has 6 aromatic rings. The van der Waals surface area contributed by atoms with Gasteiger partial charge in [0.2, 0.25) is 0 Å². The van der Waals surface area contributed by atoms with Crippen LogP contribution in [0.5, 0.6) is 0 Å². The zero-order valence-corrected chi connectivity index (χ0v) is 39.4. The van der Waals surface area contributed by atoms with E-state index in [2.05, 4.69) is 124 Å². The number of carbonyl (C=O) groups is 2. The van der Waals surface area contributed by atoms with Crippen LogP contribution < -0.4 is 0 Å². The van der Waals surface area contributed by atoms with Crippen LogP contribution in [0.15, 0.2) is 147 Å². The maximum Gasteiger partial charge on any atom is 0.195 e. The lowest BCUT2D eigenvalue weighted by molar-refractivity contribution is 0.0974. The number of rotatable bonds is 19. The highest BCUT2D eigenvalue weighted by Crippen LogP contribution is 2.44. The molecular formula is C59H64O2S2. The molecule has 8 rings (SSSR count). The summed E-state index contributed by atoms with van der Waals surface area (Å²) in [6, 6.07) is 45.2. The van der Waals surface area contributed by atoms with Crippen LogP contribution in [0.3, 0.4) is 0 Å². The van der Waals surface area contributed by atoms with Gasteiger partial charge in [0.25, 0.3) is 0 Å². The van der Waals surface area contributed by atoms with E-state index in [9.17, 15) is 9.59 Å². The van der Waals surface area contributed by atoms with Crippen molar-refractivity contribution < 1.29 is 9.59 Å². The fourth-order valence-corrected chi connectivity index (χ4v) is 11.7. The number of carbonyl (C=O) groups excluding carboxylic acids is 2. The van der Waals surface area contributed by atoms with Crippen molar-refractivity contribution in [1.29, 1.82) is 0 Å². The quantitative estimate of drug-likeness (QED) is 0.0759. The average molecular weight is 869 g/mol. The molecule has 0 N–H and O–H groups in total. The van der Waals surface area contributed by atoms with Crippen LogP contribution in [0.25, 0.3) is 22.3 Å². The van der Waals surface area contributed by atoms with Crippen molar-refractivity contribution in [2.45, 2.75) is 149 Å². The van der Waals surface area contributed by atoms with E-state index in [-0.39, 0.29) is 11.6 Å². The van der Waals surface area contributed by atoms with Gasteiger partial charge in [-0.05, 0) is 145 Å². The summed E-state index contributed by atoms with van der Waals surface area (Å²) >= 11 is 3.15. The van der Waals surface area contributed by atoms with Gasteiger partial charge in [-0.3, -0.25) is 9.59 Å². The molecular weight excluding hydrogens is 805 g/mol. The van der Waals surface area contributed by atoms with E-state index in [4.69, 9.17) is 0 Å². The molecule has 0 atom stereocenters. The molecule has 63 heavy (non-hydrogen) atoms. The molecule has 4 heteroatoms. The maximum atomic E-state index is 14.9. The molecule has 2 aliphatic carbocycles. The van der Waals surface area contributed by atoms with Gasteiger partial charge in [-0.2, -0.15) is 0 Å². The van der Waals surface area contributed by atoms with E-state index < -0.39 is 0 Å². The van der Waals surface area contributed by atoms with Gasteiger partial charge in [-0.1, -0.05) is 181 Å². The lowest BCUT2D eigenvalue weighted by Gasteiger charge is -2.29. The standard InChI is InChI=1S/C59H64O2S2/c1-4-7-10-12-16-43-23-35-50(36-24-43)63-55-40-49(48-27-21-41(22-28-48)14-9-6-3)39-53-57(55)58(60)52-17-13-18-54(56(52)59(53)61)62-51-37-33-47(34-38-51)46-31-29-45(30-32-46)44-25-19-42(20-26-44)15-11-8-5-2/h13,17-18,21-24,27-40,42,44H,4-12,14-16,19-20,25-26H2,1-3H3. The summed E-state index contributed by atoms with van der Waals surface area (Å²) in [6.45, 7) is 6.76. The Balaban J connectivity index is 1.02. The van der Waals surface area contributed by atoms with E-state index in [1.807, 2.05) is 24.3 Å². The van der Waals surface area contributed by atoms with Crippen molar-refractivity contribution in [3.8, 4) is 22.3 Å². The van der Waals surface area contributed by atoms with Crippen LogP contribution in [-0.4, -0.2) is 11.6 Å². The summed E-state index contributed by atoms with van der Waals surface area (Å²) in [5, 5.41) is 0. The summed E-state index contributed by atoms with van der Waals surface area (Å²) in [7, 11) is 0. The number of ketones is 2. The van der Waals surface area contributed by atoms with Crippen LogP contribution in [0.2, 0.25) is 0 Å². The van der Waals surface area contributed by atoms with Gasteiger partial charge in [-0.15, -0.1) is 0 Å². The number of fused-ring (bicyclic) bond motifs is 2. The van der Waals surface area contributed by atoms with Crippen LogP contribution in [0.4, 0.5) is 0 Å². The van der Waals surface area contributed by atoms with E-state index >= 15 is 0 Å². The number of unbranched alkanes of at least 4 members (excludes halogenated alkanes) is 6. The minimum atomic E-state index is -0.0879. The SMILES string of the molecule is CCCCCCc1ccc(Sc2cc(-c3ccc(CCCC)cc3)cc3c2C(=O)c2cccc(Sc4ccc(-c5ccc(C6CCC(CCCCC)CC6)cc5)cc4)c2C3=O)cc1. The molecule has 2 nitrogen and oxygen atoms in total. The Morgan fingerprint density at radius 2 is 0.984 bits per heavy atom. The highest BCUT2D eigenvalue weighted by molar-refractivity contribution is 7.99. The lowest BCUT2D eigenvalue weighted by Crippen LogP contribution is -2.22. The highest BCUT2D eigenvalue weighted by atomic mass is 32.2. The Bertz CT molecular complexity index is 2460. The molecule has 0 saturated heterocycles. The first-order chi connectivity index (χ1) is 30.9. The molecule has 324 valence electrons. The maximum absolute atomic E-state index is 14.9. The van der Waals surface area contributed by atoms with Gasteiger partial charge in [0.15, 0.2) is 11.6 Å². The Hall–Kier alpha value is -4.64. The van der Waals surface area contributed by atoms with Gasteiger partial charge in [0.05, 0.1) is 0 Å². The fourth-order valence-electron chi connectivity index (χ4n) is 9.69. The minimum absolute atomic E-state index is 0.0858. The van der Waals surface area contributed by atoms with Crippen molar-refractivity contribution >= 4 is 35.1 Å². The molecule has 0 aliphatic heterocycles. The molecule has 0 heterocycles. The van der Waals surface area contributed by atoms with Gasteiger partial charge < -0.3 is 0 Å². The molecule has 1 fully saturated rings. The average Bonchev–Trinajstić information content (AvgIpc) is 3.32. The Morgan fingerprint density at radius 3 is 1.65 bits per heavy atom. The second kappa shape index (κ2) is 21.8. The lowest BCUT2D eigenvalue weighted by atomic mass is 9.77. The molecule has 0 bridgehead atoms. The van der Waals surface area contributed by atoms with Gasteiger partial charge in [-0.25, -0.2) is 0 Å². The molecule has 0 radical (unpaired) electrons. The zero-order chi connectivity index (χ0) is 43.5. The predicted octanol–water partition coefficient (Wildman–Crippen LogP) is 17.4. The summed E-state index contributed by atoms with van der Waals surface area (Å²) in [4.78, 5) is 33.3. The molecule has 1 saturated carbocycles. The monoisotopic (exact) mass is 868 g/mol. The Labute approximate surface area is 386 Å². The minimum Gasteiger partial charge on any atom is -0.289 e. The van der Waals surface area contributed by atoms with E-state index in [1.54, 1.807) is 23.5 Å². The Kier molecular flexibility index (Phi) is 15.6. The zero-order valence-electron chi connectivity index (χ0n) is 37.7. The first-order valence-corrected chi connectivity index (χ1v) is 25.7. The second-order valence-electron chi connectivity index (χ2n) is 18.1. The van der Waals surface area contributed by atoms with E-state index in [0.29, 0.717) is 28.2 Å². The smallest absolute Gasteiger partial charge is 0.195 e. The molecule has 0 aromatic heterocycles. The van der Waals surface area contributed by atoms with Gasteiger partial charge in [0, 0.05) is 41.8 Å². The number of aryl methyl sites for hydroxylation is 2. The van der Waals surface area contributed by atoms with Crippen LogP contribution in [-0.2, 0) is 12.8 Å². The van der Waals surface area contributed by atoms with E-state index in [0.717, 1.165) is 62.3 Å². The molecule has 0 amide bonds. The Morgan fingerprint density at radius 1 is 0.460 bits per heavy atom. The molecule has 0 spiro atoms. The summed E-state index contributed by atoms with van der Waals surface area (Å²) in [6.07, 6.45) is 20.3.